The highest BCUT2D eigenvalue weighted by Gasteiger charge is 2.45. The van der Waals surface area contributed by atoms with Crippen LogP contribution in [0.5, 0.6) is 0 Å². The summed E-state index contributed by atoms with van der Waals surface area (Å²) in [6.45, 7) is 0. The monoisotopic (exact) mass is 304 g/mol. The number of primary amides is 1. The van der Waals surface area contributed by atoms with Crippen molar-refractivity contribution in [2.75, 3.05) is 5.32 Å². The van der Waals surface area contributed by atoms with Crippen LogP contribution in [0, 0.1) is 5.82 Å². The van der Waals surface area contributed by atoms with E-state index in [-0.39, 0.29) is 5.82 Å². The van der Waals surface area contributed by atoms with Gasteiger partial charge < -0.3 is 11.1 Å². The minimum Gasteiger partial charge on any atom is -0.368 e. The van der Waals surface area contributed by atoms with Gasteiger partial charge >= 0.3 is 0 Å². The Labute approximate surface area is 126 Å². The fourth-order valence-corrected chi connectivity index (χ4v) is 3.11. The molecule has 0 radical (unpaired) electrons. The maximum absolute atomic E-state index is 13.9. The number of fused-ring (bicyclic) bond motifs is 1. The normalized spacial score (nSPS) is 20.1. The summed E-state index contributed by atoms with van der Waals surface area (Å²) in [5.74, 6) is -0.824. The van der Waals surface area contributed by atoms with E-state index in [0.29, 0.717) is 34.7 Å². The molecule has 3 nitrogen and oxygen atoms in total. The smallest absolute Gasteiger partial charge is 0.247 e. The Balaban J connectivity index is 2.08. The standard InChI is InChI=1S/C16H14ClFN2O/c17-10-3-1-4-11(9-10)20-16(15(19)21)8-7-12-13(16)5-2-6-14(12)18/h1-6,9,20H,7-8H2,(H2,19,21). The second-order valence-electron chi connectivity index (χ2n) is 5.17. The third-order valence-electron chi connectivity index (χ3n) is 3.93. The zero-order valence-corrected chi connectivity index (χ0v) is 12.0. The van der Waals surface area contributed by atoms with Gasteiger partial charge in [-0.15, -0.1) is 0 Å². The summed E-state index contributed by atoms with van der Waals surface area (Å²) in [5, 5.41) is 3.71. The van der Waals surface area contributed by atoms with Gasteiger partial charge in [-0.1, -0.05) is 29.8 Å². The molecule has 21 heavy (non-hydrogen) atoms. The number of amides is 1. The van der Waals surface area contributed by atoms with Crippen LogP contribution in [0.15, 0.2) is 42.5 Å². The van der Waals surface area contributed by atoms with Gasteiger partial charge in [0.15, 0.2) is 0 Å². The SMILES string of the molecule is NC(=O)C1(Nc2cccc(Cl)c2)CCc2c(F)cccc21. The van der Waals surface area contributed by atoms with Crippen molar-refractivity contribution in [2.45, 2.75) is 18.4 Å². The number of carbonyl (C=O) groups is 1. The van der Waals surface area contributed by atoms with Crippen molar-refractivity contribution in [1.29, 1.82) is 0 Å². The quantitative estimate of drug-likeness (QED) is 0.915. The van der Waals surface area contributed by atoms with E-state index in [1.54, 1.807) is 36.4 Å². The highest BCUT2D eigenvalue weighted by molar-refractivity contribution is 6.30. The Morgan fingerprint density at radius 2 is 2.05 bits per heavy atom. The first kappa shape index (κ1) is 13.9. The topological polar surface area (TPSA) is 55.1 Å². The van der Waals surface area contributed by atoms with Crippen LogP contribution in [0.2, 0.25) is 5.02 Å². The number of nitrogens with two attached hydrogens (primary N) is 1. The van der Waals surface area contributed by atoms with Crippen molar-refractivity contribution >= 4 is 23.2 Å². The second-order valence-corrected chi connectivity index (χ2v) is 5.61. The van der Waals surface area contributed by atoms with Gasteiger partial charge in [-0.2, -0.15) is 0 Å². The average Bonchev–Trinajstić information content (AvgIpc) is 2.81. The number of hydrogen-bond donors (Lipinski definition) is 2. The van der Waals surface area contributed by atoms with E-state index >= 15 is 0 Å². The Hall–Kier alpha value is -2.07. The summed E-state index contributed by atoms with van der Waals surface area (Å²) >= 11 is 5.96. The lowest BCUT2D eigenvalue weighted by atomic mass is 9.90. The lowest BCUT2D eigenvalue weighted by molar-refractivity contribution is -0.122. The van der Waals surface area contributed by atoms with Gasteiger partial charge in [0, 0.05) is 10.7 Å². The molecule has 0 spiro atoms. The number of benzene rings is 2. The summed E-state index contributed by atoms with van der Waals surface area (Å²) in [4.78, 5) is 12.1. The molecule has 2 aromatic rings. The van der Waals surface area contributed by atoms with Crippen LogP contribution in [-0.2, 0) is 16.8 Å². The van der Waals surface area contributed by atoms with Gasteiger partial charge in [-0.25, -0.2) is 4.39 Å². The van der Waals surface area contributed by atoms with Crippen molar-refractivity contribution in [3.8, 4) is 0 Å². The fraction of sp³-hybridized carbons (Fsp3) is 0.188. The van der Waals surface area contributed by atoms with Gasteiger partial charge in [0.25, 0.3) is 0 Å². The Morgan fingerprint density at radius 3 is 2.76 bits per heavy atom. The number of anilines is 1. The first-order valence-corrected chi connectivity index (χ1v) is 7.02. The minimum atomic E-state index is -1.10. The van der Waals surface area contributed by atoms with Gasteiger partial charge in [-0.3, -0.25) is 4.79 Å². The van der Waals surface area contributed by atoms with Crippen LogP contribution in [-0.4, -0.2) is 5.91 Å². The molecule has 1 amide bonds. The van der Waals surface area contributed by atoms with Crippen LogP contribution in [0.1, 0.15) is 17.5 Å². The molecule has 5 heteroatoms. The highest BCUT2D eigenvalue weighted by atomic mass is 35.5. The third-order valence-corrected chi connectivity index (χ3v) is 4.17. The van der Waals surface area contributed by atoms with Crippen molar-refractivity contribution in [1.82, 2.24) is 0 Å². The number of halogens is 2. The molecule has 1 aliphatic rings. The molecule has 0 saturated carbocycles. The van der Waals surface area contributed by atoms with E-state index in [1.807, 2.05) is 0 Å². The predicted octanol–water partition coefficient (Wildman–Crippen LogP) is 3.22. The molecule has 0 aliphatic heterocycles. The first-order valence-electron chi connectivity index (χ1n) is 6.64. The van der Waals surface area contributed by atoms with E-state index in [1.165, 1.54) is 6.07 Å². The van der Waals surface area contributed by atoms with Crippen LogP contribution in [0.3, 0.4) is 0 Å². The third kappa shape index (κ3) is 2.25. The van der Waals surface area contributed by atoms with Gasteiger partial charge in [-0.05, 0) is 48.2 Å². The molecule has 3 rings (SSSR count). The average molecular weight is 305 g/mol. The molecule has 0 aromatic heterocycles. The molecule has 0 saturated heterocycles. The van der Waals surface area contributed by atoms with E-state index < -0.39 is 11.4 Å². The van der Waals surface area contributed by atoms with Crippen molar-refractivity contribution in [3.05, 3.63) is 64.4 Å². The van der Waals surface area contributed by atoms with Crippen molar-refractivity contribution < 1.29 is 9.18 Å². The van der Waals surface area contributed by atoms with Crippen LogP contribution in [0.25, 0.3) is 0 Å². The molecule has 108 valence electrons. The van der Waals surface area contributed by atoms with Gasteiger partial charge in [0.1, 0.15) is 11.4 Å². The van der Waals surface area contributed by atoms with Crippen LogP contribution in [0.4, 0.5) is 10.1 Å². The number of hydrogen-bond acceptors (Lipinski definition) is 2. The maximum atomic E-state index is 13.9. The van der Waals surface area contributed by atoms with Crippen LogP contribution < -0.4 is 11.1 Å². The Bertz CT molecular complexity index is 719. The molecule has 1 aliphatic carbocycles. The molecule has 2 aromatic carbocycles. The van der Waals surface area contributed by atoms with Gasteiger partial charge in [0.2, 0.25) is 5.91 Å². The number of nitrogens with one attached hydrogen (secondary N) is 1. The maximum Gasteiger partial charge on any atom is 0.247 e. The van der Waals surface area contributed by atoms with E-state index in [4.69, 9.17) is 17.3 Å². The molecule has 3 N–H and O–H groups in total. The van der Waals surface area contributed by atoms with E-state index in [2.05, 4.69) is 5.32 Å². The van der Waals surface area contributed by atoms with Crippen LogP contribution >= 0.6 is 11.6 Å². The largest absolute Gasteiger partial charge is 0.368 e. The molecule has 0 bridgehead atoms. The number of carbonyl (C=O) groups excluding carboxylic acids is 1. The molecule has 0 heterocycles. The van der Waals surface area contributed by atoms with E-state index in [0.717, 1.165) is 0 Å². The predicted molar refractivity (Wildman–Crippen MR) is 80.7 cm³/mol. The van der Waals surface area contributed by atoms with Crippen molar-refractivity contribution in [2.24, 2.45) is 5.73 Å². The summed E-state index contributed by atoms with van der Waals surface area (Å²) in [6, 6.07) is 11.8. The Morgan fingerprint density at radius 1 is 1.29 bits per heavy atom. The molecule has 1 atom stereocenters. The zero-order valence-electron chi connectivity index (χ0n) is 11.2. The summed E-state index contributed by atoms with van der Waals surface area (Å²) < 4.78 is 13.9. The summed E-state index contributed by atoms with van der Waals surface area (Å²) in [7, 11) is 0. The van der Waals surface area contributed by atoms with Crippen molar-refractivity contribution in [3.63, 3.8) is 0 Å². The molecule has 1 unspecified atom stereocenters. The molecular formula is C16H14ClFN2O. The zero-order chi connectivity index (χ0) is 15.0. The van der Waals surface area contributed by atoms with Gasteiger partial charge in [0.05, 0.1) is 0 Å². The summed E-state index contributed by atoms with van der Waals surface area (Å²) in [5.41, 5.74) is 6.36. The minimum absolute atomic E-state index is 0.302. The van der Waals surface area contributed by atoms with E-state index in [9.17, 15) is 9.18 Å². The first-order chi connectivity index (χ1) is 10.0. The summed E-state index contributed by atoms with van der Waals surface area (Å²) in [6.07, 6.45) is 0.892. The highest BCUT2D eigenvalue weighted by Crippen LogP contribution is 2.40. The number of rotatable bonds is 3. The molecule has 0 fully saturated rings. The lowest BCUT2D eigenvalue weighted by Crippen LogP contribution is -2.46. The molecular weight excluding hydrogens is 291 g/mol. The second kappa shape index (κ2) is 5.04. The Kier molecular flexibility index (Phi) is 3.33. The lowest BCUT2D eigenvalue weighted by Gasteiger charge is -2.29. The fourth-order valence-electron chi connectivity index (χ4n) is 2.92.